The molecule has 4 heteroatoms. The van der Waals surface area contributed by atoms with E-state index in [1.807, 2.05) is 6.26 Å². The maximum Gasteiger partial charge on any atom is 0.308 e. The van der Waals surface area contributed by atoms with Gasteiger partial charge in [0.15, 0.2) is 0 Å². The monoisotopic (exact) mass is 178 g/mol. The molecule has 0 unspecified atom stereocenters. The van der Waals surface area contributed by atoms with Gasteiger partial charge in [-0.05, 0) is 18.4 Å². The van der Waals surface area contributed by atoms with Crippen LogP contribution in [0, 0.1) is 0 Å². The lowest BCUT2D eigenvalue weighted by atomic mass is 10.2. The van der Waals surface area contributed by atoms with Crippen LogP contribution < -0.4 is 0 Å². The van der Waals surface area contributed by atoms with Gasteiger partial charge in [0, 0.05) is 0 Å². The summed E-state index contributed by atoms with van der Waals surface area (Å²) >= 11 is 1.65. The van der Waals surface area contributed by atoms with Crippen LogP contribution in [0.2, 0.25) is 0 Å². The van der Waals surface area contributed by atoms with E-state index in [0.29, 0.717) is 6.42 Å². The van der Waals surface area contributed by atoms with Crippen molar-refractivity contribution in [1.29, 1.82) is 0 Å². The van der Waals surface area contributed by atoms with E-state index < -0.39 is 6.10 Å². The first kappa shape index (κ1) is 10.8. The zero-order valence-corrected chi connectivity index (χ0v) is 7.69. The molecule has 0 saturated carbocycles. The lowest BCUT2D eigenvalue weighted by Crippen LogP contribution is -2.15. The predicted octanol–water partition coefficient (Wildman–Crippen LogP) is 0.663. The molecule has 0 radical (unpaired) electrons. The van der Waals surface area contributed by atoms with Crippen LogP contribution in [0.5, 0.6) is 0 Å². The van der Waals surface area contributed by atoms with E-state index in [1.54, 1.807) is 11.8 Å². The fourth-order valence-corrected chi connectivity index (χ4v) is 1.14. The third-order valence-electron chi connectivity index (χ3n) is 1.29. The number of esters is 1. The number of ether oxygens (including phenoxy) is 1. The van der Waals surface area contributed by atoms with E-state index in [-0.39, 0.29) is 12.4 Å². The molecule has 1 atom stereocenters. The Morgan fingerprint density at radius 2 is 2.36 bits per heavy atom. The minimum absolute atomic E-state index is 0.108. The van der Waals surface area contributed by atoms with Crippen LogP contribution in [-0.4, -0.2) is 36.3 Å². The van der Waals surface area contributed by atoms with Crippen LogP contribution in [0.25, 0.3) is 0 Å². The highest BCUT2D eigenvalue weighted by Gasteiger charge is 2.09. The quantitative estimate of drug-likeness (QED) is 0.628. The molecule has 0 fully saturated rings. The first-order valence-electron chi connectivity index (χ1n) is 3.44. The second-order valence-corrected chi connectivity index (χ2v) is 3.20. The smallest absolute Gasteiger partial charge is 0.308 e. The van der Waals surface area contributed by atoms with E-state index in [2.05, 4.69) is 4.74 Å². The summed E-state index contributed by atoms with van der Waals surface area (Å²) in [6.45, 7) is 0. The minimum Gasteiger partial charge on any atom is -0.469 e. The van der Waals surface area contributed by atoms with Crippen LogP contribution >= 0.6 is 11.8 Å². The normalized spacial score (nSPS) is 12.6. The van der Waals surface area contributed by atoms with Crippen LogP contribution in [0.3, 0.4) is 0 Å². The second-order valence-electron chi connectivity index (χ2n) is 2.22. The highest BCUT2D eigenvalue weighted by Crippen LogP contribution is 2.04. The van der Waals surface area contributed by atoms with Crippen molar-refractivity contribution in [3.63, 3.8) is 0 Å². The highest BCUT2D eigenvalue weighted by atomic mass is 32.2. The predicted molar refractivity (Wildman–Crippen MR) is 45.6 cm³/mol. The van der Waals surface area contributed by atoms with Crippen molar-refractivity contribution in [2.45, 2.75) is 18.9 Å². The lowest BCUT2D eigenvalue weighted by molar-refractivity contribution is -0.142. The number of hydrogen-bond donors (Lipinski definition) is 1. The molecule has 0 aliphatic heterocycles. The van der Waals surface area contributed by atoms with Crippen molar-refractivity contribution >= 4 is 17.7 Å². The number of thioether (sulfide) groups is 1. The van der Waals surface area contributed by atoms with Gasteiger partial charge in [0.2, 0.25) is 0 Å². The average Bonchev–Trinajstić information content (AvgIpc) is 2.00. The summed E-state index contributed by atoms with van der Waals surface area (Å²) in [7, 11) is 1.32. The second kappa shape index (κ2) is 6.49. The summed E-state index contributed by atoms with van der Waals surface area (Å²) in [5.74, 6) is 0.525. The van der Waals surface area contributed by atoms with Gasteiger partial charge in [-0.3, -0.25) is 4.79 Å². The molecule has 66 valence electrons. The molecule has 11 heavy (non-hydrogen) atoms. The molecule has 0 heterocycles. The summed E-state index contributed by atoms with van der Waals surface area (Å²) in [6.07, 6.45) is 2.17. The molecule has 0 aromatic rings. The van der Waals surface area contributed by atoms with E-state index in [9.17, 15) is 4.79 Å². The van der Waals surface area contributed by atoms with Gasteiger partial charge in [-0.2, -0.15) is 11.8 Å². The largest absolute Gasteiger partial charge is 0.469 e. The molecule has 0 aromatic carbocycles. The van der Waals surface area contributed by atoms with Gasteiger partial charge >= 0.3 is 5.97 Å². The number of carbonyl (C=O) groups excluding carboxylic acids is 1. The molecular weight excluding hydrogens is 164 g/mol. The third-order valence-corrected chi connectivity index (χ3v) is 1.93. The SMILES string of the molecule is COC(=O)C[C@@H](O)CCSC. The average molecular weight is 178 g/mol. The van der Waals surface area contributed by atoms with Crippen molar-refractivity contribution in [3.05, 3.63) is 0 Å². The van der Waals surface area contributed by atoms with E-state index in [1.165, 1.54) is 7.11 Å². The van der Waals surface area contributed by atoms with Crippen molar-refractivity contribution in [1.82, 2.24) is 0 Å². The van der Waals surface area contributed by atoms with E-state index in [0.717, 1.165) is 5.75 Å². The summed E-state index contributed by atoms with van der Waals surface area (Å²) < 4.78 is 4.40. The van der Waals surface area contributed by atoms with Gasteiger partial charge in [-0.25, -0.2) is 0 Å². The molecule has 0 saturated heterocycles. The molecule has 0 spiro atoms. The topological polar surface area (TPSA) is 46.5 Å². The Labute approximate surface area is 71.1 Å². The maximum atomic E-state index is 10.6. The number of aliphatic hydroxyl groups excluding tert-OH is 1. The van der Waals surface area contributed by atoms with Gasteiger partial charge in [0.05, 0.1) is 19.6 Å². The Bertz CT molecular complexity index is 116. The zero-order chi connectivity index (χ0) is 8.69. The van der Waals surface area contributed by atoms with Crippen LogP contribution in [0.15, 0.2) is 0 Å². The van der Waals surface area contributed by atoms with Crippen molar-refractivity contribution in [2.24, 2.45) is 0 Å². The van der Waals surface area contributed by atoms with Crippen molar-refractivity contribution in [3.8, 4) is 0 Å². The Morgan fingerprint density at radius 3 is 2.82 bits per heavy atom. The molecule has 0 aliphatic carbocycles. The van der Waals surface area contributed by atoms with Gasteiger partial charge < -0.3 is 9.84 Å². The molecular formula is C7H14O3S. The Balaban J connectivity index is 3.35. The number of methoxy groups -OCH3 is 1. The fraction of sp³-hybridized carbons (Fsp3) is 0.857. The molecule has 0 aromatic heterocycles. The Hall–Kier alpha value is -0.220. The minimum atomic E-state index is -0.546. The first-order valence-corrected chi connectivity index (χ1v) is 4.84. The van der Waals surface area contributed by atoms with Gasteiger partial charge in [-0.1, -0.05) is 0 Å². The summed E-state index contributed by atoms with van der Waals surface area (Å²) in [5.41, 5.74) is 0. The molecule has 0 amide bonds. The summed E-state index contributed by atoms with van der Waals surface area (Å²) in [4.78, 5) is 10.6. The number of carbonyl (C=O) groups is 1. The molecule has 3 nitrogen and oxygen atoms in total. The van der Waals surface area contributed by atoms with E-state index in [4.69, 9.17) is 5.11 Å². The van der Waals surface area contributed by atoms with Crippen LogP contribution in [0.1, 0.15) is 12.8 Å². The highest BCUT2D eigenvalue weighted by molar-refractivity contribution is 7.98. The van der Waals surface area contributed by atoms with Gasteiger partial charge in [0.1, 0.15) is 0 Å². The zero-order valence-electron chi connectivity index (χ0n) is 6.87. The molecule has 0 bridgehead atoms. The fourth-order valence-electron chi connectivity index (χ4n) is 0.632. The van der Waals surface area contributed by atoms with Gasteiger partial charge in [0.25, 0.3) is 0 Å². The first-order chi connectivity index (χ1) is 5.20. The standard InChI is InChI=1S/C7H14O3S/c1-10-7(9)5-6(8)3-4-11-2/h6,8H,3-5H2,1-2H3/t6-/m0/s1. The van der Waals surface area contributed by atoms with Crippen molar-refractivity contribution < 1.29 is 14.6 Å². The Morgan fingerprint density at radius 1 is 1.73 bits per heavy atom. The summed E-state index contributed by atoms with van der Waals surface area (Å²) in [5, 5.41) is 9.17. The molecule has 0 aliphatic rings. The number of rotatable bonds is 5. The Kier molecular flexibility index (Phi) is 6.36. The number of hydrogen-bond acceptors (Lipinski definition) is 4. The maximum absolute atomic E-state index is 10.6. The van der Waals surface area contributed by atoms with Crippen LogP contribution in [0.4, 0.5) is 0 Å². The lowest BCUT2D eigenvalue weighted by Gasteiger charge is -2.06. The third kappa shape index (κ3) is 6.19. The van der Waals surface area contributed by atoms with E-state index >= 15 is 0 Å². The summed E-state index contributed by atoms with van der Waals surface area (Å²) in [6, 6.07) is 0. The molecule has 1 N–H and O–H groups in total. The molecule has 0 rings (SSSR count). The van der Waals surface area contributed by atoms with Gasteiger partial charge in [-0.15, -0.1) is 0 Å². The van der Waals surface area contributed by atoms with Crippen LogP contribution in [-0.2, 0) is 9.53 Å². The van der Waals surface area contributed by atoms with Crippen molar-refractivity contribution in [2.75, 3.05) is 19.1 Å². The number of aliphatic hydroxyl groups is 1.